The minimum Gasteiger partial charge on any atom is -0.380 e. The number of ether oxygens (including phenoxy) is 1. The van der Waals surface area contributed by atoms with E-state index in [4.69, 9.17) is 4.74 Å². The second-order valence-corrected chi connectivity index (χ2v) is 6.14. The average Bonchev–Trinajstić information content (AvgIpc) is 3.00. The molecule has 0 amide bonds. The smallest absolute Gasteiger partial charge is 0.0593 e. The van der Waals surface area contributed by atoms with E-state index in [9.17, 15) is 0 Å². The van der Waals surface area contributed by atoms with E-state index in [1.54, 1.807) is 0 Å². The fourth-order valence-corrected chi connectivity index (χ4v) is 3.59. The largest absolute Gasteiger partial charge is 0.380 e. The Hall–Kier alpha value is -0.860. The summed E-state index contributed by atoms with van der Waals surface area (Å²) < 4.78 is 5.87. The van der Waals surface area contributed by atoms with Gasteiger partial charge in [-0.05, 0) is 49.8 Å². The van der Waals surface area contributed by atoms with Crippen molar-refractivity contribution in [1.82, 2.24) is 4.90 Å². The zero-order chi connectivity index (χ0) is 14.9. The summed E-state index contributed by atoms with van der Waals surface area (Å²) in [7, 11) is 0. The predicted octanol–water partition coefficient (Wildman–Crippen LogP) is 4.32. The minimum atomic E-state index is 0.762. The maximum atomic E-state index is 5.87. The second-order valence-electron chi connectivity index (χ2n) is 6.14. The van der Waals surface area contributed by atoms with Gasteiger partial charge in [-0.15, -0.1) is 0 Å². The van der Waals surface area contributed by atoms with Crippen LogP contribution in [0.4, 0.5) is 0 Å². The summed E-state index contributed by atoms with van der Waals surface area (Å²) in [5.41, 5.74) is 1.53. The van der Waals surface area contributed by atoms with Crippen LogP contribution in [0.5, 0.6) is 0 Å². The third-order valence-corrected chi connectivity index (χ3v) is 4.97. The standard InChI is InChI=1S/C19H31NO/c1-3-20(4-2)14-16-21-15-13-18-11-8-12-19(18)17-9-6-5-7-10-17/h5-7,9-10,18-19H,3-4,8,11-16H2,1-2H3. The second kappa shape index (κ2) is 9.22. The van der Waals surface area contributed by atoms with Crippen LogP contribution in [0.1, 0.15) is 51.0 Å². The van der Waals surface area contributed by atoms with E-state index in [2.05, 4.69) is 49.1 Å². The van der Waals surface area contributed by atoms with E-state index in [0.29, 0.717) is 0 Å². The number of benzene rings is 1. The van der Waals surface area contributed by atoms with Crippen LogP contribution in [0.2, 0.25) is 0 Å². The van der Waals surface area contributed by atoms with E-state index in [1.165, 1.54) is 31.2 Å². The molecule has 1 aliphatic rings. The maximum absolute atomic E-state index is 5.87. The highest BCUT2D eigenvalue weighted by Gasteiger charge is 2.27. The molecule has 2 heteroatoms. The van der Waals surface area contributed by atoms with Crippen LogP contribution in [0.3, 0.4) is 0 Å². The first-order valence-electron chi connectivity index (χ1n) is 8.70. The average molecular weight is 289 g/mol. The van der Waals surface area contributed by atoms with Gasteiger partial charge in [0.1, 0.15) is 0 Å². The highest BCUT2D eigenvalue weighted by molar-refractivity contribution is 5.21. The fraction of sp³-hybridized carbons (Fsp3) is 0.684. The Morgan fingerprint density at radius 2 is 1.81 bits per heavy atom. The lowest BCUT2D eigenvalue weighted by Crippen LogP contribution is -2.27. The van der Waals surface area contributed by atoms with Crippen LogP contribution in [-0.4, -0.2) is 37.7 Å². The van der Waals surface area contributed by atoms with Crippen molar-refractivity contribution in [1.29, 1.82) is 0 Å². The van der Waals surface area contributed by atoms with Crippen LogP contribution >= 0.6 is 0 Å². The molecule has 0 bridgehead atoms. The van der Waals surface area contributed by atoms with Crippen LogP contribution < -0.4 is 0 Å². The molecule has 2 nitrogen and oxygen atoms in total. The number of hydrogen-bond acceptors (Lipinski definition) is 2. The van der Waals surface area contributed by atoms with Crippen molar-refractivity contribution in [3.05, 3.63) is 35.9 Å². The third kappa shape index (κ3) is 5.12. The quantitative estimate of drug-likeness (QED) is 0.628. The number of nitrogens with zero attached hydrogens (tertiary/aromatic N) is 1. The highest BCUT2D eigenvalue weighted by atomic mass is 16.5. The summed E-state index contributed by atoms with van der Waals surface area (Å²) >= 11 is 0. The Morgan fingerprint density at radius 3 is 2.52 bits per heavy atom. The molecule has 2 rings (SSSR count). The molecule has 1 saturated carbocycles. The zero-order valence-corrected chi connectivity index (χ0v) is 13.8. The van der Waals surface area contributed by atoms with E-state index < -0.39 is 0 Å². The van der Waals surface area contributed by atoms with Gasteiger partial charge in [0, 0.05) is 13.2 Å². The maximum Gasteiger partial charge on any atom is 0.0593 e. The molecule has 0 spiro atoms. The van der Waals surface area contributed by atoms with Crippen LogP contribution in [0.25, 0.3) is 0 Å². The first-order valence-corrected chi connectivity index (χ1v) is 8.70. The van der Waals surface area contributed by atoms with Gasteiger partial charge in [-0.3, -0.25) is 0 Å². The van der Waals surface area contributed by atoms with Crippen molar-refractivity contribution in [3.8, 4) is 0 Å². The monoisotopic (exact) mass is 289 g/mol. The van der Waals surface area contributed by atoms with E-state index in [-0.39, 0.29) is 0 Å². The summed E-state index contributed by atoms with van der Waals surface area (Å²) in [5.74, 6) is 1.58. The summed E-state index contributed by atoms with van der Waals surface area (Å²) in [5, 5.41) is 0. The molecule has 2 atom stereocenters. The molecule has 0 aromatic heterocycles. The van der Waals surface area contributed by atoms with Gasteiger partial charge < -0.3 is 9.64 Å². The molecule has 0 saturated heterocycles. The van der Waals surface area contributed by atoms with E-state index in [1.807, 2.05) is 0 Å². The number of hydrogen-bond donors (Lipinski definition) is 0. The Balaban J connectivity index is 1.68. The van der Waals surface area contributed by atoms with Crippen LogP contribution in [0, 0.1) is 5.92 Å². The van der Waals surface area contributed by atoms with Gasteiger partial charge >= 0.3 is 0 Å². The first-order chi connectivity index (χ1) is 10.3. The van der Waals surface area contributed by atoms with Crippen molar-refractivity contribution < 1.29 is 4.74 Å². The molecule has 0 N–H and O–H groups in total. The van der Waals surface area contributed by atoms with Gasteiger partial charge in [0.2, 0.25) is 0 Å². The number of rotatable bonds is 9. The Bertz CT molecular complexity index is 374. The van der Waals surface area contributed by atoms with Gasteiger partial charge in [-0.25, -0.2) is 0 Å². The summed E-state index contributed by atoms with van der Waals surface area (Å²) in [4.78, 5) is 2.42. The van der Waals surface area contributed by atoms with Crippen LogP contribution in [0.15, 0.2) is 30.3 Å². The van der Waals surface area contributed by atoms with Crippen molar-refractivity contribution in [3.63, 3.8) is 0 Å². The molecule has 0 aliphatic heterocycles. The summed E-state index contributed by atoms with van der Waals surface area (Å²) in [6, 6.07) is 11.1. The van der Waals surface area contributed by atoms with Gasteiger partial charge in [0.05, 0.1) is 6.61 Å². The molecule has 1 aromatic rings. The predicted molar refractivity (Wildman–Crippen MR) is 89.7 cm³/mol. The third-order valence-electron chi connectivity index (χ3n) is 4.97. The van der Waals surface area contributed by atoms with Gasteiger partial charge in [-0.1, -0.05) is 50.6 Å². The molecule has 1 aromatic carbocycles. The van der Waals surface area contributed by atoms with E-state index >= 15 is 0 Å². The van der Waals surface area contributed by atoms with Gasteiger partial charge in [-0.2, -0.15) is 0 Å². The topological polar surface area (TPSA) is 12.5 Å². The SMILES string of the molecule is CCN(CC)CCOCCC1CCCC1c1ccccc1. The minimum absolute atomic E-state index is 0.762. The molecule has 1 fully saturated rings. The van der Waals surface area contributed by atoms with E-state index in [0.717, 1.165) is 44.7 Å². The van der Waals surface area contributed by atoms with Crippen molar-refractivity contribution >= 4 is 0 Å². The zero-order valence-electron chi connectivity index (χ0n) is 13.8. The lowest BCUT2D eigenvalue weighted by atomic mass is 9.87. The molecule has 21 heavy (non-hydrogen) atoms. The van der Waals surface area contributed by atoms with Crippen molar-refractivity contribution in [2.75, 3.05) is 32.8 Å². The van der Waals surface area contributed by atoms with Gasteiger partial charge in [0.25, 0.3) is 0 Å². The molecule has 118 valence electrons. The Labute approximate surface area is 130 Å². The summed E-state index contributed by atoms with van der Waals surface area (Å²) in [6.45, 7) is 9.55. The summed E-state index contributed by atoms with van der Waals surface area (Å²) in [6.07, 6.45) is 5.33. The highest BCUT2D eigenvalue weighted by Crippen LogP contribution is 2.41. The van der Waals surface area contributed by atoms with Crippen LogP contribution in [-0.2, 0) is 4.74 Å². The van der Waals surface area contributed by atoms with Gasteiger partial charge in [0.15, 0.2) is 0 Å². The lowest BCUT2D eigenvalue weighted by Gasteiger charge is -2.21. The molecule has 0 radical (unpaired) electrons. The molecular weight excluding hydrogens is 258 g/mol. The fourth-order valence-electron chi connectivity index (χ4n) is 3.59. The van der Waals surface area contributed by atoms with Crippen molar-refractivity contribution in [2.24, 2.45) is 5.92 Å². The normalized spacial score (nSPS) is 22.0. The Morgan fingerprint density at radius 1 is 1.05 bits per heavy atom. The molecule has 2 unspecified atom stereocenters. The van der Waals surface area contributed by atoms with Crippen molar-refractivity contribution in [2.45, 2.75) is 45.4 Å². The molecule has 1 aliphatic carbocycles. The lowest BCUT2D eigenvalue weighted by molar-refractivity contribution is 0.0953. The number of likely N-dealkylation sites (N-methyl/N-ethyl adjacent to an activating group) is 1. The molecular formula is C19H31NO. The Kier molecular flexibility index (Phi) is 7.25. The first kappa shape index (κ1) is 16.5. The molecule has 0 heterocycles.